The molecule has 1 N–H and O–H groups in total. The van der Waals surface area contributed by atoms with Crippen LogP contribution in [0, 0.1) is 0 Å². The molecule has 0 aliphatic carbocycles. The van der Waals surface area contributed by atoms with E-state index in [1.807, 2.05) is 7.05 Å². The van der Waals surface area contributed by atoms with E-state index in [1.54, 1.807) is 14.1 Å². The van der Waals surface area contributed by atoms with Crippen LogP contribution in [0.3, 0.4) is 0 Å². The molecule has 5 heteroatoms. The lowest BCUT2D eigenvalue weighted by Crippen LogP contribution is -2.20. The number of oxazole rings is 1. The third kappa shape index (κ3) is 2.56. The second-order valence-corrected chi connectivity index (χ2v) is 3.17. The number of nitrogens with zero attached hydrogens (tertiary/aromatic N) is 2. The van der Waals surface area contributed by atoms with E-state index in [9.17, 15) is 4.79 Å². The molecule has 0 aromatic carbocycles. The molecule has 0 saturated heterocycles. The fourth-order valence-corrected chi connectivity index (χ4v) is 0.977. The Morgan fingerprint density at radius 1 is 1.64 bits per heavy atom. The van der Waals surface area contributed by atoms with Gasteiger partial charge in [0.05, 0.1) is 6.20 Å². The van der Waals surface area contributed by atoms with E-state index in [4.69, 9.17) is 4.42 Å². The number of nitrogens with one attached hydrogen (secondary N) is 1. The summed E-state index contributed by atoms with van der Waals surface area (Å²) in [5.74, 6) is 0.721. The number of likely N-dealkylation sites (N-methyl/N-ethyl adjacent to an activating group) is 1. The molecular weight excluding hydrogens is 182 g/mol. The monoisotopic (exact) mass is 197 g/mol. The average Bonchev–Trinajstić information content (AvgIpc) is 2.61. The molecule has 1 amide bonds. The van der Waals surface area contributed by atoms with Crippen LogP contribution in [-0.2, 0) is 6.42 Å². The summed E-state index contributed by atoms with van der Waals surface area (Å²) in [5.41, 5.74) is 0. The zero-order valence-corrected chi connectivity index (χ0v) is 8.70. The minimum Gasteiger partial charge on any atom is -0.435 e. The van der Waals surface area contributed by atoms with Crippen molar-refractivity contribution in [1.29, 1.82) is 0 Å². The van der Waals surface area contributed by atoms with Crippen LogP contribution in [0.4, 0.5) is 0 Å². The van der Waals surface area contributed by atoms with E-state index < -0.39 is 0 Å². The van der Waals surface area contributed by atoms with Crippen LogP contribution in [0.2, 0.25) is 0 Å². The van der Waals surface area contributed by atoms with E-state index in [1.165, 1.54) is 11.1 Å². The fraction of sp³-hybridized carbons (Fsp3) is 0.556. The Kier molecular flexibility index (Phi) is 3.64. The van der Waals surface area contributed by atoms with Crippen LogP contribution < -0.4 is 5.32 Å². The first-order valence-electron chi connectivity index (χ1n) is 4.46. The average molecular weight is 197 g/mol. The van der Waals surface area contributed by atoms with E-state index in [2.05, 4.69) is 10.3 Å². The lowest BCUT2D eigenvalue weighted by molar-refractivity contribution is 0.0795. The maximum atomic E-state index is 11.4. The van der Waals surface area contributed by atoms with Crippen molar-refractivity contribution in [3.8, 4) is 0 Å². The Labute approximate surface area is 83.1 Å². The molecule has 0 fully saturated rings. The number of amides is 1. The van der Waals surface area contributed by atoms with E-state index in [-0.39, 0.29) is 5.91 Å². The van der Waals surface area contributed by atoms with Crippen molar-refractivity contribution in [2.24, 2.45) is 0 Å². The van der Waals surface area contributed by atoms with Gasteiger partial charge in [-0.3, -0.25) is 4.79 Å². The predicted molar refractivity (Wildman–Crippen MR) is 52.2 cm³/mol. The topological polar surface area (TPSA) is 58.4 Å². The molecule has 0 aliphatic heterocycles. The minimum atomic E-state index is -0.159. The number of rotatable bonds is 4. The highest BCUT2D eigenvalue weighted by Crippen LogP contribution is 2.05. The SMILES string of the molecule is CNCCc1ncc(C(=O)N(C)C)o1. The smallest absolute Gasteiger partial charge is 0.290 e. The van der Waals surface area contributed by atoms with E-state index in [0.717, 1.165) is 6.54 Å². The molecule has 0 unspecified atom stereocenters. The van der Waals surface area contributed by atoms with Crippen LogP contribution in [-0.4, -0.2) is 43.5 Å². The van der Waals surface area contributed by atoms with Crippen LogP contribution in [0.15, 0.2) is 10.6 Å². The summed E-state index contributed by atoms with van der Waals surface area (Å²) in [5, 5.41) is 2.98. The molecule has 1 aromatic rings. The second-order valence-electron chi connectivity index (χ2n) is 3.17. The zero-order valence-electron chi connectivity index (χ0n) is 8.70. The number of carbonyl (C=O) groups is 1. The molecule has 0 atom stereocenters. The summed E-state index contributed by atoms with van der Waals surface area (Å²) in [7, 11) is 5.21. The van der Waals surface area contributed by atoms with Crippen molar-refractivity contribution < 1.29 is 9.21 Å². The van der Waals surface area contributed by atoms with Crippen molar-refractivity contribution >= 4 is 5.91 Å². The molecule has 1 rings (SSSR count). The van der Waals surface area contributed by atoms with Crippen molar-refractivity contribution in [2.75, 3.05) is 27.7 Å². The molecule has 14 heavy (non-hydrogen) atoms. The number of carbonyl (C=O) groups excluding carboxylic acids is 1. The molecule has 0 bridgehead atoms. The Morgan fingerprint density at radius 3 is 2.93 bits per heavy atom. The first-order valence-corrected chi connectivity index (χ1v) is 4.46. The predicted octanol–water partition coefficient (Wildman–Crippen LogP) is 0.138. The Balaban J connectivity index is 2.63. The van der Waals surface area contributed by atoms with Gasteiger partial charge in [-0.25, -0.2) is 4.98 Å². The van der Waals surface area contributed by atoms with Gasteiger partial charge >= 0.3 is 0 Å². The quantitative estimate of drug-likeness (QED) is 0.745. The van der Waals surface area contributed by atoms with Gasteiger partial charge in [-0.15, -0.1) is 0 Å². The molecule has 1 heterocycles. The van der Waals surface area contributed by atoms with Gasteiger partial charge in [0.15, 0.2) is 5.89 Å². The maximum Gasteiger partial charge on any atom is 0.290 e. The largest absolute Gasteiger partial charge is 0.435 e. The van der Waals surface area contributed by atoms with Crippen molar-refractivity contribution in [1.82, 2.24) is 15.2 Å². The highest BCUT2D eigenvalue weighted by molar-refractivity contribution is 5.90. The van der Waals surface area contributed by atoms with E-state index >= 15 is 0 Å². The zero-order chi connectivity index (χ0) is 10.6. The number of aromatic nitrogens is 1. The number of hydrogen-bond donors (Lipinski definition) is 1. The van der Waals surface area contributed by atoms with Gasteiger partial charge in [0.2, 0.25) is 5.76 Å². The fourth-order valence-electron chi connectivity index (χ4n) is 0.977. The molecular formula is C9H15N3O2. The summed E-state index contributed by atoms with van der Waals surface area (Å²) in [6, 6.07) is 0. The second kappa shape index (κ2) is 4.76. The summed E-state index contributed by atoms with van der Waals surface area (Å²) in [4.78, 5) is 16.9. The summed E-state index contributed by atoms with van der Waals surface area (Å²) in [6.45, 7) is 0.788. The Bertz CT molecular complexity index is 307. The van der Waals surface area contributed by atoms with Gasteiger partial charge in [0, 0.05) is 27.1 Å². The van der Waals surface area contributed by atoms with Gasteiger partial charge < -0.3 is 14.6 Å². The standard InChI is InChI=1S/C9H15N3O2/c1-10-5-4-8-11-6-7(14-8)9(13)12(2)3/h6,10H,4-5H2,1-3H3. The van der Waals surface area contributed by atoms with Crippen LogP contribution in [0.1, 0.15) is 16.4 Å². The van der Waals surface area contributed by atoms with Gasteiger partial charge in [0.25, 0.3) is 5.91 Å². The summed E-state index contributed by atoms with van der Waals surface area (Å²) < 4.78 is 5.27. The minimum absolute atomic E-state index is 0.159. The van der Waals surface area contributed by atoms with Crippen molar-refractivity contribution in [3.63, 3.8) is 0 Å². The van der Waals surface area contributed by atoms with Gasteiger partial charge in [-0.05, 0) is 7.05 Å². The Morgan fingerprint density at radius 2 is 2.36 bits per heavy atom. The third-order valence-electron chi connectivity index (χ3n) is 1.76. The maximum absolute atomic E-state index is 11.4. The van der Waals surface area contributed by atoms with Gasteiger partial charge in [0.1, 0.15) is 0 Å². The molecule has 78 valence electrons. The highest BCUT2D eigenvalue weighted by Gasteiger charge is 2.13. The van der Waals surface area contributed by atoms with E-state index in [0.29, 0.717) is 18.1 Å². The van der Waals surface area contributed by atoms with Gasteiger partial charge in [-0.2, -0.15) is 0 Å². The normalized spacial score (nSPS) is 10.2. The highest BCUT2D eigenvalue weighted by atomic mass is 16.4. The van der Waals surface area contributed by atoms with Crippen LogP contribution in [0.5, 0.6) is 0 Å². The lowest BCUT2D eigenvalue weighted by atomic mass is 10.4. The molecule has 0 aliphatic rings. The van der Waals surface area contributed by atoms with Crippen molar-refractivity contribution in [2.45, 2.75) is 6.42 Å². The molecule has 1 aromatic heterocycles. The van der Waals surface area contributed by atoms with Crippen LogP contribution in [0.25, 0.3) is 0 Å². The molecule has 0 radical (unpaired) electrons. The van der Waals surface area contributed by atoms with Crippen molar-refractivity contribution in [3.05, 3.63) is 17.8 Å². The van der Waals surface area contributed by atoms with Gasteiger partial charge in [-0.1, -0.05) is 0 Å². The molecule has 0 saturated carbocycles. The lowest BCUT2D eigenvalue weighted by Gasteiger charge is -2.05. The summed E-state index contributed by atoms with van der Waals surface area (Å²) >= 11 is 0. The first-order chi connectivity index (χ1) is 6.65. The molecule has 0 spiro atoms. The first kappa shape index (κ1) is 10.7. The number of hydrogen-bond acceptors (Lipinski definition) is 4. The Hall–Kier alpha value is -1.36. The summed E-state index contributed by atoms with van der Waals surface area (Å²) in [6.07, 6.45) is 2.16. The third-order valence-corrected chi connectivity index (χ3v) is 1.76. The van der Waals surface area contributed by atoms with Crippen LogP contribution >= 0.6 is 0 Å². The molecule has 5 nitrogen and oxygen atoms in total.